The summed E-state index contributed by atoms with van der Waals surface area (Å²) in [5.41, 5.74) is 6.97. The quantitative estimate of drug-likeness (QED) is 0.894. The van der Waals surface area contributed by atoms with E-state index >= 15 is 0 Å². The summed E-state index contributed by atoms with van der Waals surface area (Å²) in [6, 6.07) is 7.63. The number of nitrogens with two attached hydrogens (primary N) is 1. The smallest absolute Gasteiger partial charge is 0.276 e. The van der Waals surface area contributed by atoms with Crippen molar-refractivity contribution in [1.82, 2.24) is 19.9 Å². The number of halogens is 1. The van der Waals surface area contributed by atoms with Crippen molar-refractivity contribution in [3.05, 3.63) is 40.6 Å². The maximum Gasteiger partial charge on any atom is 0.276 e. The van der Waals surface area contributed by atoms with Gasteiger partial charge in [-0.3, -0.25) is 4.79 Å². The van der Waals surface area contributed by atoms with Crippen LogP contribution in [0.1, 0.15) is 16.9 Å². The van der Waals surface area contributed by atoms with Crippen LogP contribution in [0.2, 0.25) is 0 Å². The Morgan fingerprint density at radius 1 is 1.35 bits per heavy atom. The molecule has 7 heteroatoms. The predicted octanol–water partition coefficient (Wildman–Crippen LogP) is 1.20. The van der Waals surface area contributed by atoms with Gasteiger partial charge >= 0.3 is 0 Å². The maximum absolute atomic E-state index is 12.2. The summed E-state index contributed by atoms with van der Waals surface area (Å²) < 4.78 is 0.982. The van der Waals surface area contributed by atoms with E-state index in [-0.39, 0.29) is 11.9 Å². The van der Waals surface area contributed by atoms with E-state index in [0.29, 0.717) is 18.8 Å². The van der Waals surface area contributed by atoms with Crippen LogP contribution >= 0.6 is 15.9 Å². The van der Waals surface area contributed by atoms with Crippen LogP contribution in [0.4, 0.5) is 0 Å². The van der Waals surface area contributed by atoms with Gasteiger partial charge in [-0.2, -0.15) is 9.90 Å². The van der Waals surface area contributed by atoms with Crippen molar-refractivity contribution in [2.24, 2.45) is 5.73 Å². The molecule has 1 aliphatic heterocycles. The third-order valence-corrected chi connectivity index (χ3v) is 3.81. The largest absolute Gasteiger partial charge is 0.336 e. The maximum atomic E-state index is 12.2. The highest BCUT2D eigenvalue weighted by Gasteiger charge is 2.26. The van der Waals surface area contributed by atoms with Gasteiger partial charge in [-0.1, -0.05) is 15.9 Å². The van der Waals surface area contributed by atoms with Gasteiger partial charge < -0.3 is 10.6 Å². The van der Waals surface area contributed by atoms with Crippen LogP contribution in [0.25, 0.3) is 5.69 Å². The highest BCUT2D eigenvalue weighted by Crippen LogP contribution is 2.14. The molecule has 1 aliphatic rings. The summed E-state index contributed by atoms with van der Waals surface area (Å²) in [6.45, 7) is 1.27. The van der Waals surface area contributed by atoms with Crippen molar-refractivity contribution < 1.29 is 4.79 Å². The van der Waals surface area contributed by atoms with Gasteiger partial charge in [0.05, 0.1) is 11.9 Å². The molecule has 0 spiro atoms. The average molecular weight is 336 g/mol. The Kier molecular flexibility index (Phi) is 3.54. The third-order valence-electron chi connectivity index (χ3n) is 3.28. The number of carbonyl (C=O) groups is 1. The molecule has 2 aromatic rings. The van der Waals surface area contributed by atoms with E-state index < -0.39 is 0 Å². The van der Waals surface area contributed by atoms with Crippen molar-refractivity contribution in [2.45, 2.75) is 12.5 Å². The fraction of sp³-hybridized carbons (Fsp3) is 0.308. The first-order valence-corrected chi connectivity index (χ1v) is 7.16. The molecular weight excluding hydrogens is 322 g/mol. The summed E-state index contributed by atoms with van der Waals surface area (Å²) in [6.07, 6.45) is 2.33. The lowest BCUT2D eigenvalue weighted by Gasteiger charge is -2.13. The Labute approximate surface area is 124 Å². The van der Waals surface area contributed by atoms with Gasteiger partial charge in [-0.15, -0.1) is 5.10 Å². The molecule has 3 rings (SSSR count). The molecule has 6 nitrogen and oxygen atoms in total. The third kappa shape index (κ3) is 2.59. The van der Waals surface area contributed by atoms with Crippen LogP contribution in [0.15, 0.2) is 34.9 Å². The van der Waals surface area contributed by atoms with Gasteiger partial charge in [0.2, 0.25) is 0 Å². The normalized spacial score (nSPS) is 18.5. The van der Waals surface area contributed by atoms with E-state index in [9.17, 15) is 4.79 Å². The number of aromatic nitrogens is 3. The number of hydrogen-bond acceptors (Lipinski definition) is 4. The lowest BCUT2D eigenvalue weighted by Crippen LogP contribution is -2.32. The van der Waals surface area contributed by atoms with Crippen molar-refractivity contribution >= 4 is 21.8 Å². The molecule has 20 heavy (non-hydrogen) atoms. The molecule has 0 aliphatic carbocycles. The van der Waals surface area contributed by atoms with Crippen molar-refractivity contribution in [2.75, 3.05) is 13.1 Å². The number of likely N-dealkylation sites (tertiary alicyclic amines) is 1. The first-order chi connectivity index (χ1) is 9.63. The van der Waals surface area contributed by atoms with Crippen molar-refractivity contribution in [1.29, 1.82) is 0 Å². The molecule has 104 valence electrons. The molecule has 1 aromatic heterocycles. The summed E-state index contributed by atoms with van der Waals surface area (Å²) in [7, 11) is 0. The molecule has 1 fully saturated rings. The molecule has 0 unspecified atom stereocenters. The lowest BCUT2D eigenvalue weighted by molar-refractivity contribution is 0.0784. The number of nitrogens with zero attached hydrogens (tertiary/aromatic N) is 4. The standard InChI is InChI=1S/C13H14BrN5O/c14-9-1-3-11(4-2-9)19-16-7-12(17-19)13(20)18-6-5-10(15)8-18/h1-4,7,10H,5-6,8,15H2/t10-/m0/s1. The number of amides is 1. The lowest BCUT2D eigenvalue weighted by atomic mass is 10.3. The minimum absolute atomic E-state index is 0.0699. The number of rotatable bonds is 2. The van der Waals surface area contributed by atoms with Crippen LogP contribution in [-0.2, 0) is 0 Å². The molecule has 0 radical (unpaired) electrons. The molecule has 2 heterocycles. The first kappa shape index (κ1) is 13.3. The van der Waals surface area contributed by atoms with Gasteiger partial charge in [0.1, 0.15) is 0 Å². The monoisotopic (exact) mass is 335 g/mol. The molecule has 1 aromatic carbocycles. The number of carbonyl (C=O) groups excluding carboxylic acids is 1. The minimum Gasteiger partial charge on any atom is -0.336 e. The molecular formula is C13H14BrN5O. The Morgan fingerprint density at radius 3 is 2.75 bits per heavy atom. The summed E-state index contributed by atoms with van der Waals surface area (Å²) in [5.74, 6) is -0.110. The Balaban J connectivity index is 1.79. The number of benzene rings is 1. The van der Waals surface area contributed by atoms with Crippen LogP contribution in [-0.4, -0.2) is 44.9 Å². The van der Waals surface area contributed by atoms with E-state index in [2.05, 4.69) is 26.1 Å². The summed E-state index contributed by atoms with van der Waals surface area (Å²) in [4.78, 5) is 15.4. The molecule has 1 saturated heterocycles. The van der Waals surface area contributed by atoms with E-state index in [1.807, 2.05) is 24.3 Å². The van der Waals surface area contributed by atoms with Crippen molar-refractivity contribution in [3.63, 3.8) is 0 Å². The van der Waals surface area contributed by atoms with E-state index in [0.717, 1.165) is 16.6 Å². The zero-order chi connectivity index (χ0) is 14.1. The van der Waals surface area contributed by atoms with Gasteiger partial charge in [-0.05, 0) is 30.7 Å². The predicted molar refractivity (Wildman–Crippen MR) is 77.6 cm³/mol. The van der Waals surface area contributed by atoms with E-state index in [1.54, 1.807) is 4.90 Å². The number of hydrogen-bond donors (Lipinski definition) is 1. The Morgan fingerprint density at radius 2 is 2.10 bits per heavy atom. The second-order valence-electron chi connectivity index (χ2n) is 4.80. The Bertz CT molecular complexity index is 624. The zero-order valence-electron chi connectivity index (χ0n) is 10.7. The zero-order valence-corrected chi connectivity index (χ0v) is 12.3. The van der Waals surface area contributed by atoms with Gasteiger partial charge in [0.15, 0.2) is 5.69 Å². The van der Waals surface area contributed by atoms with E-state index in [4.69, 9.17) is 5.73 Å². The SMILES string of the molecule is N[C@H]1CCN(C(=O)c2cnn(-c3ccc(Br)cc3)n2)C1. The summed E-state index contributed by atoms with van der Waals surface area (Å²) in [5, 5.41) is 8.38. The minimum atomic E-state index is -0.110. The Hall–Kier alpha value is -1.73. The fourth-order valence-corrected chi connectivity index (χ4v) is 2.46. The second-order valence-corrected chi connectivity index (χ2v) is 5.71. The van der Waals surface area contributed by atoms with Crippen LogP contribution in [0.3, 0.4) is 0 Å². The van der Waals surface area contributed by atoms with Gasteiger partial charge in [0.25, 0.3) is 5.91 Å². The molecule has 2 N–H and O–H groups in total. The van der Waals surface area contributed by atoms with Crippen LogP contribution in [0.5, 0.6) is 0 Å². The topological polar surface area (TPSA) is 77.0 Å². The second kappa shape index (κ2) is 5.34. The fourth-order valence-electron chi connectivity index (χ4n) is 2.19. The summed E-state index contributed by atoms with van der Waals surface area (Å²) >= 11 is 3.37. The van der Waals surface area contributed by atoms with Gasteiger partial charge in [0, 0.05) is 23.6 Å². The van der Waals surface area contributed by atoms with E-state index in [1.165, 1.54) is 11.0 Å². The molecule has 1 amide bonds. The highest BCUT2D eigenvalue weighted by molar-refractivity contribution is 9.10. The molecule has 0 bridgehead atoms. The average Bonchev–Trinajstić information content (AvgIpc) is 3.08. The highest BCUT2D eigenvalue weighted by atomic mass is 79.9. The molecule has 1 atom stereocenters. The first-order valence-electron chi connectivity index (χ1n) is 6.36. The van der Waals surface area contributed by atoms with Crippen LogP contribution in [0, 0.1) is 0 Å². The van der Waals surface area contributed by atoms with Crippen LogP contribution < -0.4 is 5.73 Å². The van der Waals surface area contributed by atoms with Crippen molar-refractivity contribution in [3.8, 4) is 5.69 Å². The van der Waals surface area contributed by atoms with Gasteiger partial charge in [-0.25, -0.2) is 0 Å². The molecule has 0 saturated carbocycles.